The van der Waals surface area contributed by atoms with Crippen LogP contribution >= 0.6 is 0 Å². The Morgan fingerprint density at radius 3 is 2.19 bits per heavy atom. The summed E-state index contributed by atoms with van der Waals surface area (Å²) >= 11 is 0. The molecule has 0 aromatic rings. The monoisotopic (exact) mass is 226 g/mol. The average molecular weight is 226 g/mol. The molecule has 1 amide bonds. The molecular weight excluding hydrogens is 204 g/mol. The van der Waals surface area contributed by atoms with Crippen LogP contribution in [0.2, 0.25) is 0 Å². The first-order chi connectivity index (χ1) is 7.72. The lowest BCUT2D eigenvalue weighted by Gasteiger charge is -2.35. The van der Waals surface area contributed by atoms with E-state index in [0.717, 1.165) is 25.7 Å². The van der Waals surface area contributed by atoms with Crippen LogP contribution in [0.25, 0.3) is 0 Å². The molecule has 1 aliphatic carbocycles. The Kier molecular flexibility index (Phi) is 3.82. The molecule has 4 nitrogen and oxygen atoms in total. The molecule has 2 fully saturated rings. The number of morpholine rings is 1. The predicted octanol–water partition coefficient (Wildman–Crippen LogP) is 0.897. The lowest BCUT2D eigenvalue weighted by atomic mass is 9.89. The van der Waals surface area contributed by atoms with Crippen molar-refractivity contribution >= 4 is 5.91 Å². The third-order valence-corrected chi connectivity index (χ3v) is 3.72. The van der Waals surface area contributed by atoms with Crippen molar-refractivity contribution in [3.63, 3.8) is 0 Å². The Balaban J connectivity index is 1.99. The van der Waals surface area contributed by atoms with Crippen molar-refractivity contribution in [1.82, 2.24) is 4.90 Å². The van der Waals surface area contributed by atoms with Crippen LogP contribution in [-0.4, -0.2) is 42.6 Å². The van der Waals surface area contributed by atoms with Gasteiger partial charge in [-0.1, -0.05) is 25.7 Å². The molecule has 1 heterocycles. The quantitative estimate of drug-likeness (QED) is 0.676. The molecule has 0 spiro atoms. The third-order valence-electron chi connectivity index (χ3n) is 3.72. The van der Waals surface area contributed by atoms with Crippen molar-refractivity contribution in [2.75, 3.05) is 26.3 Å². The fourth-order valence-electron chi connectivity index (χ4n) is 2.65. The Labute approximate surface area is 97.1 Å². The van der Waals surface area contributed by atoms with E-state index in [1.165, 1.54) is 12.8 Å². The summed E-state index contributed by atoms with van der Waals surface area (Å²) in [6, 6.07) is 0. The number of carbonyl (C=O) groups is 1. The highest BCUT2D eigenvalue weighted by Crippen LogP contribution is 2.27. The molecule has 2 aliphatic rings. The molecular formula is C12H22N2O2. The number of hydrogen-bond acceptors (Lipinski definition) is 3. The van der Waals surface area contributed by atoms with Gasteiger partial charge in [-0.3, -0.25) is 4.79 Å². The number of hydrogen-bond donors (Lipinski definition) is 1. The summed E-state index contributed by atoms with van der Waals surface area (Å²) in [5.41, 5.74) is 5.71. The van der Waals surface area contributed by atoms with Crippen LogP contribution < -0.4 is 5.73 Å². The highest BCUT2D eigenvalue weighted by atomic mass is 16.5. The second kappa shape index (κ2) is 5.15. The van der Waals surface area contributed by atoms with E-state index in [-0.39, 0.29) is 5.91 Å². The molecule has 1 aliphatic heterocycles. The first kappa shape index (κ1) is 11.9. The summed E-state index contributed by atoms with van der Waals surface area (Å²) < 4.78 is 5.26. The van der Waals surface area contributed by atoms with Gasteiger partial charge in [0.05, 0.1) is 18.8 Å². The summed E-state index contributed by atoms with van der Waals surface area (Å²) in [6.45, 7) is 2.72. The molecule has 0 bridgehead atoms. The van der Waals surface area contributed by atoms with Gasteiger partial charge in [-0.15, -0.1) is 0 Å². The number of rotatable bonds is 1. The number of nitrogens with two attached hydrogens (primary N) is 1. The van der Waals surface area contributed by atoms with Gasteiger partial charge in [0.15, 0.2) is 0 Å². The van der Waals surface area contributed by atoms with Gasteiger partial charge in [0.25, 0.3) is 0 Å². The van der Waals surface area contributed by atoms with Crippen LogP contribution in [0, 0.1) is 0 Å². The summed E-state index contributed by atoms with van der Waals surface area (Å²) in [6.07, 6.45) is 6.32. The molecule has 1 saturated heterocycles. The molecule has 16 heavy (non-hydrogen) atoms. The molecule has 4 heteroatoms. The molecule has 2 rings (SSSR count). The van der Waals surface area contributed by atoms with Crippen molar-refractivity contribution in [1.29, 1.82) is 0 Å². The molecule has 1 saturated carbocycles. The smallest absolute Gasteiger partial charge is 0.242 e. The van der Waals surface area contributed by atoms with E-state index >= 15 is 0 Å². The fraction of sp³-hybridized carbons (Fsp3) is 0.917. The summed E-state index contributed by atoms with van der Waals surface area (Å²) in [4.78, 5) is 14.3. The van der Waals surface area contributed by atoms with E-state index in [1.807, 2.05) is 4.90 Å². The van der Waals surface area contributed by atoms with E-state index in [9.17, 15) is 4.79 Å². The maximum Gasteiger partial charge on any atom is 0.242 e. The Morgan fingerprint density at radius 1 is 1.06 bits per heavy atom. The molecule has 2 N–H and O–H groups in total. The van der Waals surface area contributed by atoms with Crippen molar-refractivity contribution in [3.05, 3.63) is 0 Å². The SMILES string of the molecule is NC1(C(=O)N2CCOCC2)CCCCCC1. The van der Waals surface area contributed by atoms with Gasteiger partial charge in [-0.05, 0) is 12.8 Å². The van der Waals surface area contributed by atoms with Gasteiger partial charge >= 0.3 is 0 Å². The minimum atomic E-state index is -0.589. The van der Waals surface area contributed by atoms with E-state index in [1.54, 1.807) is 0 Å². The van der Waals surface area contributed by atoms with Gasteiger partial charge in [-0.2, -0.15) is 0 Å². The van der Waals surface area contributed by atoms with Gasteiger partial charge in [0.1, 0.15) is 0 Å². The second-order valence-electron chi connectivity index (χ2n) is 4.97. The van der Waals surface area contributed by atoms with Gasteiger partial charge in [0.2, 0.25) is 5.91 Å². The van der Waals surface area contributed by atoms with Crippen LogP contribution in [0.4, 0.5) is 0 Å². The molecule has 0 atom stereocenters. The zero-order valence-electron chi connectivity index (χ0n) is 9.91. The van der Waals surface area contributed by atoms with E-state index in [2.05, 4.69) is 0 Å². The Bertz CT molecular complexity index is 241. The lowest BCUT2D eigenvalue weighted by Crippen LogP contribution is -2.57. The fourth-order valence-corrected chi connectivity index (χ4v) is 2.65. The number of ether oxygens (including phenoxy) is 1. The van der Waals surface area contributed by atoms with Crippen molar-refractivity contribution in [3.8, 4) is 0 Å². The Morgan fingerprint density at radius 2 is 1.62 bits per heavy atom. The maximum atomic E-state index is 12.4. The van der Waals surface area contributed by atoms with E-state index in [0.29, 0.717) is 26.3 Å². The van der Waals surface area contributed by atoms with Crippen molar-refractivity contribution < 1.29 is 9.53 Å². The average Bonchev–Trinajstić information content (AvgIpc) is 2.55. The Hall–Kier alpha value is -0.610. The second-order valence-corrected chi connectivity index (χ2v) is 4.97. The summed E-state index contributed by atoms with van der Waals surface area (Å²) in [5.74, 6) is 0.151. The number of carbonyl (C=O) groups excluding carboxylic acids is 1. The zero-order valence-corrected chi connectivity index (χ0v) is 9.91. The molecule has 0 unspecified atom stereocenters. The zero-order chi connectivity index (χ0) is 11.4. The number of nitrogens with zero attached hydrogens (tertiary/aromatic N) is 1. The first-order valence-electron chi connectivity index (χ1n) is 6.38. The van der Waals surface area contributed by atoms with Gasteiger partial charge in [0, 0.05) is 13.1 Å². The minimum absolute atomic E-state index is 0.151. The van der Waals surface area contributed by atoms with Gasteiger partial charge in [-0.25, -0.2) is 0 Å². The highest BCUT2D eigenvalue weighted by molar-refractivity contribution is 5.86. The standard InChI is InChI=1S/C12H22N2O2/c13-12(5-3-1-2-4-6-12)11(15)14-7-9-16-10-8-14/h1-10,13H2. The van der Waals surface area contributed by atoms with E-state index < -0.39 is 5.54 Å². The third kappa shape index (κ3) is 2.55. The van der Waals surface area contributed by atoms with Crippen molar-refractivity contribution in [2.45, 2.75) is 44.1 Å². The topological polar surface area (TPSA) is 55.6 Å². The highest BCUT2D eigenvalue weighted by Gasteiger charge is 2.37. The van der Waals surface area contributed by atoms with Crippen LogP contribution in [0.3, 0.4) is 0 Å². The van der Waals surface area contributed by atoms with Crippen molar-refractivity contribution in [2.24, 2.45) is 5.73 Å². The van der Waals surface area contributed by atoms with Crippen LogP contribution in [0.5, 0.6) is 0 Å². The van der Waals surface area contributed by atoms with E-state index in [4.69, 9.17) is 10.5 Å². The maximum absolute atomic E-state index is 12.4. The molecule has 92 valence electrons. The normalized spacial score (nSPS) is 26.2. The summed E-state index contributed by atoms with van der Waals surface area (Å²) in [7, 11) is 0. The summed E-state index contributed by atoms with van der Waals surface area (Å²) in [5, 5.41) is 0. The van der Waals surface area contributed by atoms with Crippen LogP contribution in [0.1, 0.15) is 38.5 Å². The van der Waals surface area contributed by atoms with Crippen LogP contribution in [-0.2, 0) is 9.53 Å². The predicted molar refractivity (Wildman–Crippen MR) is 62.0 cm³/mol. The molecule has 0 aromatic heterocycles. The number of amides is 1. The lowest BCUT2D eigenvalue weighted by molar-refractivity contribution is -0.141. The molecule has 0 aromatic carbocycles. The minimum Gasteiger partial charge on any atom is -0.378 e. The molecule has 0 radical (unpaired) electrons. The first-order valence-corrected chi connectivity index (χ1v) is 6.38. The largest absolute Gasteiger partial charge is 0.378 e. The van der Waals surface area contributed by atoms with Crippen LogP contribution in [0.15, 0.2) is 0 Å². The van der Waals surface area contributed by atoms with Gasteiger partial charge < -0.3 is 15.4 Å².